The Bertz CT molecular complexity index is 200. The quantitative estimate of drug-likeness (QED) is 0.459. The van der Waals surface area contributed by atoms with Gasteiger partial charge in [-0.25, -0.2) is 0 Å². The Kier molecular flexibility index (Phi) is 1.92. The predicted octanol–water partition coefficient (Wildman–Crippen LogP) is 1.43. The van der Waals surface area contributed by atoms with Crippen LogP contribution in [-0.2, 0) is 0 Å². The normalized spacial score (nSPS) is 9.11. The summed E-state index contributed by atoms with van der Waals surface area (Å²) in [6.07, 6.45) is 0. The number of hydrazine groups is 1. The maximum Gasteiger partial charge on any atom is 0.0579 e. The van der Waals surface area contributed by atoms with Gasteiger partial charge in [0.25, 0.3) is 0 Å². The summed E-state index contributed by atoms with van der Waals surface area (Å²) in [4.78, 5) is 0. The van der Waals surface area contributed by atoms with Crippen LogP contribution in [0.2, 0.25) is 5.02 Å². The summed E-state index contributed by atoms with van der Waals surface area (Å²) in [6, 6.07) is 7.98. The van der Waals surface area contributed by atoms with E-state index in [1.54, 1.807) is 18.2 Å². The summed E-state index contributed by atoms with van der Waals surface area (Å²) in [5.74, 6) is 5.08. The highest BCUT2D eigenvalue weighted by Gasteiger charge is 1.87. The molecule has 3 heteroatoms. The Labute approximate surface area is 58.6 Å². The van der Waals surface area contributed by atoms with Crippen LogP contribution in [0.15, 0.2) is 18.2 Å². The summed E-state index contributed by atoms with van der Waals surface area (Å²) in [5, 5.41) is 0.654. The molecule has 0 spiro atoms. The van der Waals surface area contributed by atoms with Crippen LogP contribution in [0.4, 0.5) is 5.69 Å². The average molecular weight is 142 g/mol. The van der Waals surface area contributed by atoms with Gasteiger partial charge in [-0.15, -0.1) is 0 Å². The lowest BCUT2D eigenvalue weighted by Crippen LogP contribution is -2.06. The number of anilines is 1. The van der Waals surface area contributed by atoms with Crippen LogP contribution in [0.1, 0.15) is 0 Å². The molecule has 0 unspecified atom stereocenters. The van der Waals surface area contributed by atoms with E-state index in [1.165, 1.54) is 0 Å². The lowest BCUT2D eigenvalue weighted by Gasteiger charge is -1.96. The molecule has 0 aliphatic rings. The van der Waals surface area contributed by atoms with Crippen molar-refractivity contribution in [3.63, 3.8) is 0 Å². The van der Waals surface area contributed by atoms with Gasteiger partial charge in [-0.05, 0) is 12.1 Å². The zero-order valence-corrected chi connectivity index (χ0v) is 5.44. The second kappa shape index (κ2) is 2.71. The monoisotopic (exact) mass is 141 g/mol. The van der Waals surface area contributed by atoms with E-state index >= 15 is 0 Å². The van der Waals surface area contributed by atoms with Crippen LogP contribution in [-0.4, -0.2) is 0 Å². The fourth-order valence-corrected chi connectivity index (χ4v) is 0.694. The van der Waals surface area contributed by atoms with E-state index < -0.39 is 0 Å². The summed E-state index contributed by atoms with van der Waals surface area (Å²) in [6.45, 7) is 0. The molecular formula is C6H6ClN2. The molecule has 0 amide bonds. The van der Waals surface area contributed by atoms with Gasteiger partial charge in [-0.3, -0.25) is 5.84 Å². The lowest BCUT2D eigenvalue weighted by atomic mass is 10.3. The highest BCUT2D eigenvalue weighted by molar-refractivity contribution is 6.30. The summed E-state index contributed by atoms with van der Waals surface area (Å²) in [7, 11) is 0. The first-order valence-corrected chi connectivity index (χ1v) is 2.84. The van der Waals surface area contributed by atoms with Crippen LogP contribution in [0.3, 0.4) is 0 Å². The number of hydrogen-bond acceptors (Lipinski definition) is 2. The van der Waals surface area contributed by atoms with Gasteiger partial charge in [0.2, 0.25) is 0 Å². The molecular weight excluding hydrogens is 136 g/mol. The first kappa shape index (κ1) is 6.39. The molecule has 0 aromatic heterocycles. The third-order valence-electron chi connectivity index (χ3n) is 0.919. The Hall–Kier alpha value is -0.730. The van der Waals surface area contributed by atoms with Gasteiger partial charge in [0.05, 0.1) is 5.69 Å². The van der Waals surface area contributed by atoms with Crippen molar-refractivity contribution in [1.82, 2.24) is 0 Å². The number of hydrogen-bond donors (Lipinski definition) is 2. The van der Waals surface area contributed by atoms with Crippen molar-refractivity contribution in [1.29, 1.82) is 0 Å². The smallest absolute Gasteiger partial charge is 0.0579 e. The van der Waals surface area contributed by atoms with Crippen molar-refractivity contribution in [3.8, 4) is 0 Å². The van der Waals surface area contributed by atoms with Crippen LogP contribution in [0, 0.1) is 6.07 Å². The highest BCUT2D eigenvalue weighted by atomic mass is 35.5. The Morgan fingerprint density at radius 1 is 1.67 bits per heavy atom. The molecule has 0 fully saturated rings. The maximum absolute atomic E-state index is 5.61. The number of benzene rings is 1. The molecule has 0 heterocycles. The van der Waals surface area contributed by atoms with E-state index in [0.717, 1.165) is 0 Å². The molecule has 1 aromatic carbocycles. The zero-order valence-electron chi connectivity index (χ0n) is 4.69. The van der Waals surface area contributed by atoms with E-state index in [1.807, 2.05) is 0 Å². The van der Waals surface area contributed by atoms with Crippen LogP contribution >= 0.6 is 11.6 Å². The molecule has 0 aliphatic heterocycles. The van der Waals surface area contributed by atoms with E-state index in [2.05, 4.69) is 11.5 Å². The van der Waals surface area contributed by atoms with Crippen molar-refractivity contribution in [3.05, 3.63) is 29.3 Å². The molecule has 0 saturated heterocycles. The molecule has 0 atom stereocenters. The number of nitrogens with two attached hydrogens (primary N) is 1. The number of rotatable bonds is 1. The Balaban J connectivity index is 2.94. The van der Waals surface area contributed by atoms with Crippen molar-refractivity contribution in [2.24, 2.45) is 5.84 Å². The van der Waals surface area contributed by atoms with Gasteiger partial charge in [0, 0.05) is 11.1 Å². The predicted molar refractivity (Wildman–Crippen MR) is 38.1 cm³/mol. The number of halogens is 1. The fraction of sp³-hybridized carbons (Fsp3) is 0. The van der Waals surface area contributed by atoms with Crippen molar-refractivity contribution in [2.75, 3.05) is 5.43 Å². The van der Waals surface area contributed by atoms with Crippen LogP contribution < -0.4 is 11.3 Å². The number of nitrogen functional groups attached to an aromatic ring is 1. The molecule has 0 saturated carbocycles. The van der Waals surface area contributed by atoms with E-state index in [0.29, 0.717) is 10.7 Å². The Morgan fingerprint density at radius 2 is 2.44 bits per heavy atom. The zero-order chi connectivity index (χ0) is 6.69. The molecule has 0 aliphatic carbocycles. The van der Waals surface area contributed by atoms with Gasteiger partial charge in [0.15, 0.2) is 0 Å². The standard InChI is InChI=1S/C6H6ClN2/c7-5-2-1-3-6(4-5)9-8/h1-2,4,9H,8H2. The molecule has 3 N–H and O–H groups in total. The average Bonchev–Trinajstić information content (AvgIpc) is 1.88. The minimum Gasteiger partial charge on any atom is -0.323 e. The van der Waals surface area contributed by atoms with Gasteiger partial charge in [-0.2, -0.15) is 0 Å². The number of nitrogens with one attached hydrogen (secondary N) is 1. The Morgan fingerprint density at radius 3 is 2.89 bits per heavy atom. The fourth-order valence-electron chi connectivity index (χ4n) is 0.522. The molecule has 1 radical (unpaired) electrons. The van der Waals surface area contributed by atoms with Gasteiger partial charge < -0.3 is 5.43 Å². The second-order valence-electron chi connectivity index (χ2n) is 1.56. The lowest BCUT2D eigenvalue weighted by molar-refractivity contribution is 1.35. The second-order valence-corrected chi connectivity index (χ2v) is 2.00. The third-order valence-corrected chi connectivity index (χ3v) is 1.15. The SMILES string of the molecule is NNc1[c]ccc(Cl)c1. The van der Waals surface area contributed by atoms with E-state index in [9.17, 15) is 0 Å². The summed E-state index contributed by atoms with van der Waals surface area (Å²) in [5.41, 5.74) is 3.12. The maximum atomic E-state index is 5.61. The minimum absolute atomic E-state index is 0.654. The van der Waals surface area contributed by atoms with E-state index in [-0.39, 0.29) is 0 Å². The van der Waals surface area contributed by atoms with Crippen LogP contribution in [0.25, 0.3) is 0 Å². The minimum atomic E-state index is 0.654. The van der Waals surface area contributed by atoms with Gasteiger partial charge in [-0.1, -0.05) is 17.7 Å². The first-order chi connectivity index (χ1) is 4.33. The highest BCUT2D eigenvalue weighted by Crippen LogP contribution is 2.12. The molecule has 0 bridgehead atoms. The molecule has 9 heavy (non-hydrogen) atoms. The molecule has 1 rings (SSSR count). The van der Waals surface area contributed by atoms with Crippen LogP contribution in [0.5, 0.6) is 0 Å². The molecule has 47 valence electrons. The first-order valence-electron chi connectivity index (χ1n) is 2.47. The van der Waals surface area contributed by atoms with Crippen molar-refractivity contribution in [2.45, 2.75) is 0 Å². The molecule has 1 aromatic rings. The van der Waals surface area contributed by atoms with Gasteiger partial charge >= 0.3 is 0 Å². The molecule has 2 nitrogen and oxygen atoms in total. The third kappa shape index (κ3) is 1.59. The van der Waals surface area contributed by atoms with Gasteiger partial charge in [0.1, 0.15) is 0 Å². The summed E-state index contributed by atoms with van der Waals surface area (Å²) >= 11 is 5.61. The summed E-state index contributed by atoms with van der Waals surface area (Å²) < 4.78 is 0. The van der Waals surface area contributed by atoms with Crippen molar-refractivity contribution >= 4 is 17.3 Å². The largest absolute Gasteiger partial charge is 0.323 e. The van der Waals surface area contributed by atoms with E-state index in [4.69, 9.17) is 17.4 Å². The van der Waals surface area contributed by atoms with Crippen molar-refractivity contribution < 1.29 is 0 Å². The topological polar surface area (TPSA) is 38.0 Å².